The first-order valence-electron chi connectivity index (χ1n) is 4.34. The second-order valence-electron chi connectivity index (χ2n) is 3.11. The van der Waals surface area contributed by atoms with Crippen LogP contribution in [0, 0.1) is 0 Å². The van der Waals surface area contributed by atoms with E-state index in [0.29, 0.717) is 12.5 Å². The average molecular weight is 222 g/mol. The van der Waals surface area contributed by atoms with Gasteiger partial charge in [0.1, 0.15) is 9.84 Å². The topological polar surface area (TPSA) is 96.6 Å². The molecule has 84 valence electrons. The maximum atomic E-state index is 10.9. The number of nitrogens with zero attached hydrogens (tertiary/aromatic N) is 1. The molecule has 0 aliphatic rings. The Kier molecular flexibility index (Phi) is 5.47. The number of hydrogen-bond acceptors (Lipinski definition) is 4. The van der Waals surface area contributed by atoms with Crippen LogP contribution < -0.4 is 16.6 Å². The molecule has 1 atom stereocenters. The Morgan fingerprint density at radius 1 is 1.57 bits per heavy atom. The summed E-state index contributed by atoms with van der Waals surface area (Å²) in [6.45, 7) is 4.20. The first-order chi connectivity index (χ1) is 6.39. The number of rotatable bonds is 4. The van der Waals surface area contributed by atoms with Crippen LogP contribution in [0.1, 0.15) is 13.8 Å². The first-order valence-corrected chi connectivity index (χ1v) is 6.40. The Bertz CT molecular complexity index is 286. The van der Waals surface area contributed by atoms with Crippen molar-refractivity contribution in [3.63, 3.8) is 0 Å². The molecule has 0 aromatic heterocycles. The van der Waals surface area contributed by atoms with E-state index < -0.39 is 9.84 Å². The second-order valence-corrected chi connectivity index (χ2v) is 5.29. The van der Waals surface area contributed by atoms with E-state index in [9.17, 15) is 8.42 Å². The summed E-state index contributed by atoms with van der Waals surface area (Å²) < 4.78 is 21.9. The normalized spacial score (nSPS) is 15.0. The lowest BCUT2D eigenvalue weighted by Crippen LogP contribution is -2.47. The van der Waals surface area contributed by atoms with Crippen LogP contribution in [0.4, 0.5) is 0 Å². The van der Waals surface area contributed by atoms with Gasteiger partial charge in [-0.05, 0) is 13.8 Å². The van der Waals surface area contributed by atoms with Gasteiger partial charge in [-0.25, -0.2) is 14.3 Å². The molecule has 0 aromatic rings. The van der Waals surface area contributed by atoms with E-state index in [1.54, 1.807) is 6.92 Å². The highest BCUT2D eigenvalue weighted by molar-refractivity contribution is 7.90. The predicted octanol–water partition coefficient (Wildman–Crippen LogP) is -1.15. The molecule has 0 bridgehead atoms. The molecule has 0 heterocycles. The molecule has 0 aliphatic heterocycles. The van der Waals surface area contributed by atoms with Crippen molar-refractivity contribution >= 4 is 15.8 Å². The van der Waals surface area contributed by atoms with Gasteiger partial charge >= 0.3 is 0 Å². The van der Waals surface area contributed by atoms with Crippen LogP contribution in [0.25, 0.3) is 0 Å². The van der Waals surface area contributed by atoms with Gasteiger partial charge in [0.25, 0.3) is 0 Å². The molecule has 14 heavy (non-hydrogen) atoms. The van der Waals surface area contributed by atoms with Crippen molar-refractivity contribution < 1.29 is 8.42 Å². The summed E-state index contributed by atoms with van der Waals surface area (Å²) >= 11 is 0. The van der Waals surface area contributed by atoms with Crippen LogP contribution in [-0.2, 0) is 9.84 Å². The van der Waals surface area contributed by atoms with E-state index >= 15 is 0 Å². The molecule has 0 saturated heterocycles. The maximum Gasteiger partial charge on any atom is 0.205 e. The van der Waals surface area contributed by atoms with E-state index in [2.05, 4.69) is 15.7 Å². The SMILES string of the molecule is CCN=C(NN)NC(C)CS(C)(=O)=O. The molecule has 0 aliphatic carbocycles. The van der Waals surface area contributed by atoms with Crippen molar-refractivity contribution in [3.8, 4) is 0 Å². The number of hydrazine groups is 1. The van der Waals surface area contributed by atoms with Gasteiger partial charge in [0.05, 0.1) is 5.75 Å². The lowest BCUT2D eigenvalue weighted by molar-refractivity contribution is 0.589. The fourth-order valence-corrected chi connectivity index (χ4v) is 2.01. The van der Waals surface area contributed by atoms with Gasteiger partial charge in [-0.3, -0.25) is 10.4 Å². The first kappa shape index (κ1) is 13.2. The third-order valence-electron chi connectivity index (χ3n) is 1.39. The second kappa shape index (κ2) is 5.82. The Balaban J connectivity index is 4.17. The molecule has 7 heteroatoms. The van der Waals surface area contributed by atoms with Crippen molar-refractivity contribution in [2.24, 2.45) is 10.8 Å². The Labute approximate surface area is 84.9 Å². The van der Waals surface area contributed by atoms with Gasteiger partial charge in [0.15, 0.2) is 0 Å². The zero-order valence-corrected chi connectivity index (χ0v) is 9.56. The third-order valence-corrected chi connectivity index (χ3v) is 2.49. The summed E-state index contributed by atoms with van der Waals surface area (Å²) in [5, 5.41) is 2.86. The largest absolute Gasteiger partial charge is 0.352 e. The molecule has 0 saturated carbocycles. The van der Waals surface area contributed by atoms with Gasteiger partial charge < -0.3 is 5.32 Å². The third kappa shape index (κ3) is 6.67. The van der Waals surface area contributed by atoms with Crippen LogP contribution in [0.15, 0.2) is 4.99 Å². The summed E-state index contributed by atoms with van der Waals surface area (Å²) in [6, 6.07) is -0.216. The van der Waals surface area contributed by atoms with Crippen molar-refractivity contribution in [2.75, 3.05) is 18.6 Å². The van der Waals surface area contributed by atoms with Gasteiger partial charge in [0.2, 0.25) is 5.96 Å². The predicted molar refractivity (Wildman–Crippen MR) is 57.6 cm³/mol. The van der Waals surface area contributed by atoms with E-state index in [1.165, 1.54) is 6.26 Å². The van der Waals surface area contributed by atoms with Gasteiger partial charge in [0, 0.05) is 18.8 Å². The smallest absolute Gasteiger partial charge is 0.205 e. The highest BCUT2D eigenvalue weighted by Crippen LogP contribution is 1.89. The molecule has 0 radical (unpaired) electrons. The van der Waals surface area contributed by atoms with Crippen molar-refractivity contribution in [3.05, 3.63) is 0 Å². The van der Waals surface area contributed by atoms with Gasteiger partial charge in [-0.15, -0.1) is 0 Å². The zero-order valence-electron chi connectivity index (χ0n) is 8.74. The summed E-state index contributed by atoms with van der Waals surface area (Å²) in [4.78, 5) is 3.99. The highest BCUT2D eigenvalue weighted by atomic mass is 32.2. The fourth-order valence-electron chi connectivity index (χ4n) is 1.02. The Morgan fingerprint density at radius 3 is 2.50 bits per heavy atom. The molecular weight excluding hydrogens is 204 g/mol. The quantitative estimate of drug-likeness (QED) is 0.241. The van der Waals surface area contributed by atoms with E-state index in [-0.39, 0.29) is 11.8 Å². The lowest BCUT2D eigenvalue weighted by Gasteiger charge is -2.15. The number of nitrogens with one attached hydrogen (secondary N) is 2. The van der Waals surface area contributed by atoms with Crippen molar-refractivity contribution in [1.82, 2.24) is 10.7 Å². The van der Waals surface area contributed by atoms with Crippen LogP contribution in [0.5, 0.6) is 0 Å². The minimum atomic E-state index is -2.98. The van der Waals surface area contributed by atoms with Gasteiger partial charge in [-0.1, -0.05) is 0 Å². The van der Waals surface area contributed by atoms with E-state index in [0.717, 1.165) is 0 Å². The summed E-state index contributed by atoms with van der Waals surface area (Å²) in [6.07, 6.45) is 1.19. The zero-order chi connectivity index (χ0) is 11.2. The van der Waals surface area contributed by atoms with Crippen LogP contribution in [0.3, 0.4) is 0 Å². The van der Waals surface area contributed by atoms with E-state index in [4.69, 9.17) is 5.84 Å². The maximum absolute atomic E-state index is 10.9. The Morgan fingerprint density at radius 2 is 2.14 bits per heavy atom. The number of nitrogens with two attached hydrogens (primary N) is 1. The minimum Gasteiger partial charge on any atom is -0.352 e. The summed E-state index contributed by atoms with van der Waals surface area (Å²) in [7, 11) is -2.98. The molecule has 6 nitrogen and oxygen atoms in total. The Hall–Kier alpha value is -0.820. The van der Waals surface area contributed by atoms with Crippen LogP contribution in [-0.4, -0.2) is 39.0 Å². The molecule has 0 fully saturated rings. The number of hydrogen-bond donors (Lipinski definition) is 3. The standard InChI is InChI=1S/C7H18N4O2S/c1-4-9-7(11-8)10-6(2)5-14(3,12)13/h6H,4-5,8H2,1-3H3,(H2,9,10,11). The van der Waals surface area contributed by atoms with Crippen LogP contribution in [0.2, 0.25) is 0 Å². The lowest BCUT2D eigenvalue weighted by atomic mass is 10.4. The molecule has 4 N–H and O–H groups in total. The summed E-state index contributed by atoms with van der Waals surface area (Å²) in [5.41, 5.74) is 2.36. The average Bonchev–Trinajstić information content (AvgIpc) is 2.00. The minimum absolute atomic E-state index is 0.0530. The van der Waals surface area contributed by atoms with Crippen molar-refractivity contribution in [2.45, 2.75) is 19.9 Å². The highest BCUT2D eigenvalue weighted by Gasteiger charge is 2.11. The number of aliphatic imine (C=N–C) groups is 1. The van der Waals surface area contributed by atoms with Crippen LogP contribution >= 0.6 is 0 Å². The van der Waals surface area contributed by atoms with Crippen molar-refractivity contribution in [1.29, 1.82) is 0 Å². The van der Waals surface area contributed by atoms with Gasteiger partial charge in [-0.2, -0.15) is 0 Å². The number of guanidine groups is 1. The molecule has 0 rings (SSSR count). The summed E-state index contributed by atoms with van der Waals surface area (Å²) in [5.74, 6) is 5.64. The molecule has 1 unspecified atom stereocenters. The van der Waals surface area contributed by atoms with E-state index in [1.807, 2.05) is 6.92 Å². The molecule has 0 amide bonds. The molecule has 0 spiro atoms. The fraction of sp³-hybridized carbons (Fsp3) is 0.857. The number of sulfone groups is 1. The molecular formula is C7H18N4O2S. The monoisotopic (exact) mass is 222 g/mol. The molecule has 0 aromatic carbocycles.